The van der Waals surface area contributed by atoms with Gasteiger partial charge in [0.05, 0.1) is 18.6 Å². The fourth-order valence-electron chi connectivity index (χ4n) is 2.57. The van der Waals surface area contributed by atoms with Crippen molar-refractivity contribution in [1.29, 1.82) is 5.26 Å². The molecule has 2 rings (SSSR count). The van der Waals surface area contributed by atoms with Crippen LogP contribution in [0.1, 0.15) is 18.1 Å². The lowest BCUT2D eigenvalue weighted by molar-refractivity contribution is -0.384. The summed E-state index contributed by atoms with van der Waals surface area (Å²) in [6.07, 6.45) is 1.33. The third-order valence-corrected chi connectivity index (χ3v) is 4.05. The molecule has 2 aromatic rings. The van der Waals surface area contributed by atoms with Crippen LogP contribution in [0, 0.1) is 28.4 Å². The minimum Gasteiger partial charge on any atom is -0.493 e. The van der Waals surface area contributed by atoms with Gasteiger partial charge in [0.2, 0.25) is 0 Å². The highest BCUT2D eigenvalue weighted by molar-refractivity contribution is 5.98. The first-order valence-electron chi connectivity index (χ1n) is 9.34. The number of methoxy groups -OCH3 is 1. The van der Waals surface area contributed by atoms with Crippen LogP contribution < -0.4 is 14.2 Å². The highest BCUT2D eigenvalue weighted by atomic mass is 16.6. The molecule has 0 aliphatic heterocycles. The molecule has 0 amide bonds. The Balaban J connectivity index is 2.09. The van der Waals surface area contributed by atoms with Crippen molar-refractivity contribution in [3.8, 4) is 23.3 Å². The number of nitrogens with zero attached hydrogens (tertiary/aromatic N) is 2. The predicted octanol–water partition coefficient (Wildman–Crippen LogP) is 3.37. The van der Waals surface area contributed by atoms with Crippen LogP contribution in [0.15, 0.2) is 42.0 Å². The monoisotopic (exact) mass is 440 g/mol. The van der Waals surface area contributed by atoms with Crippen LogP contribution >= 0.6 is 0 Å². The number of aryl methyl sites for hydroxylation is 1. The van der Waals surface area contributed by atoms with E-state index in [2.05, 4.69) is 0 Å². The van der Waals surface area contributed by atoms with Crippen molar-refractivity contribution in [3.63, 3.8) is 0 Å². The number of hydrogen-bond acceptors (Lipinski definition) is 9. The van der Waals surface area contributed by atoms with Gasteiger partial charge in [-0.2, -0.15) is 5.26 Å². The largest absolute Gasteiger partial charge is 0.493 e. The van der Waals surface area contributed by atoms with Crippen molar-refractivity contribution in [3.05, 3.63) is 63.2 Å². The number of non-ortho nitro benzene ring substituents is 1. The summed E-state index contributed by atoms with van der Waals surface area (Å²) in [7, 11) is 1.37. The Labute approximate surface area is 183 Å². The molecule has 166 valence electrons. The molecular formula is C22H20N2O8. The van der Waals surface area contributed by atoms with Gasteiger partial charge in [0, 0.05) is 12.1 Å². The SMILES string of the molecule is CCOC(=O)/C(C#N)=C/c1ccc(OC(=O)COc2ccc([N+](=O)[O-])cc2C)c(OC)c1. The second kappa shape index (κ2) is 11.1. The lowest BCUT2D eigenvalue weighted by atomic mass is 10.1. The van der Waals surface area contributed by atoms with E-state index in [9.17, 15) is 19.7 Å². The predicted molar refractivity (Wildman–Crippen MR) is 112 cm³/mol. The maximum Gasteiger partial charge on any atom is 0.349 e. The second-order valence-corrected chi connectivity index (χ2v) is 6.27. The fraction of sp³-hybridized carbons (Fsp3) is 0.227. The molecule has 0 unspecified atom stereocenters. The molecule has 0 aromatic heterocycles. The summed E-state index contributed by atoms with van der Waals surface area (Å²) >= 11 is 0. The average molecular weight is 440 g/mol. The molecule has 0 heterocycles. The number of ether oxygens (including phenoxy) is 4. The Morgan fingerprint density at radius 3 is 2.47 bits per heavy atom. The van der Waals surface area contributed by atoms with Gasteiger partial charge >= 0.3 is 11.9 Å². The third-order valence-electron chi connectivity index (χ3n) is 4.05. The lowest BCUT2D eigenvalue weighted by Gasteiger charge is -2.11. The fourth-order valence-corrected chi connectivity index (χ4v) is 2.57. The molecule has 10 heteroatoms. The van der Waals surface area contributed by atoms with Gasteiger partial charge in [-0.25, -0.2) is 9.59 Å². The normalized spacial score (nSPS) is 10.6. The zero-order chi connectivity index (χ0) is 23.7. The third kappa shape index (κ3) is 6.30. The molecule has 2 aromatic carbocycles. The number of nitriles is 1. The Kier molecular flexibility index (Phi) is 8.30. The first-order chi connectivity index (χ1) is 15.3. The van der Waals surface area contributed by atoms with Gasteiger partial charge in [0.15, 0.2) is 18.1 Å². The van der Waals surface area contributed by atoms with Gasteiger partial charge in [-0.15, -0.1) is 0 Å². The zero-order valence-electron chi connectivity index (χ0n) is 17.6. The summed E-state index contributed by atoms with van der Waals surface area (Å²) in [5.74, 6) is -0.868. The molecule has 0 radical (unpaired) electrons. The number of nitro benzene ring substituents is 1. The summed E-state index contributed by atoms with van der Waals surface area (Å²) in [5.41, 5.74) is 0.684. The van der Waals surface area contributed by atoms with Crippen molar-refractivity contribution in [2.24, 2.45) is 0 Å². The average Bonchev–Trinajstić information content (AvgIpc) is 2.77. The molecule has 0 bridgehead atoms. The molecule has 10 nitrogen and oxygen atoms in total. The minimum absolute atomic E-state index is 0.0844. The molecule has 0 saturated carbocycles. The highest BCUT2D eigenvalue weighted by Gasteiger charge is 2.15. The quantitative estimate of drug-likeness (QED) is 0.143. The van der Waals surface area contributed by atoms with E-state index < -0.39 is 23.5 Å². The summed E-state index contributed by atoms with van der Waals surface area (Å²) in [6.45, 7) is 2.95. The first-order valence-corrected chi connectivity index (χ1v) is 9.34. The standard InChI is InChI=1S/C22H20N2O8/c1-4-30-22(26)16(12-23)10-15-5-7-19(20(11-15)29-3)32-21(25)13-31-18-8-6-17(24(27)28)9-14(18)2/h5-11H,4,13H2,1-3H3/b16-10+. The highest BCUT2D eigenvalue weighted by Crippen LogP contribution is 2.29. The van der Waals surface area contributed by atoms with E-state index in [0.29, 0.717) is 16.9 Å². The Hall–Kier alpha value is -4.39. The van der Waals surface area contributed by atoms with E-state index in [1.165, 1.54) is 49.6 Å². The summed E-state index contributed by atoms with van der Waals surface area (Å²) in [4.78, 5) is 34.2. The molecule has 0 aliphatic carbocycles. The van der Waals surface area contributed by atoms with E-state index in [1.54, 1.807) is 19.9 Å². The van der Waals surface area contributed by atoms with Gasteiger partial charge in [0.1, 0.15) is 17.4 Å². The van der Waals surface area contributed by atoms with Gasteiger partial charge in [-0.1, -0.05) is 6.07 Å². The van der Waals surface area contributed by atoms with E-state index >= 15 is 0 Å². The van der Waals surface area contributed by atoms with Gasteiger partial charge in [-0.3, -0.25) is 10.1 Å². The Morgan fingerprint density at radius 1 is 1.16 bits per heavy atom. The van der Waals surface area contributed by atoms with Crippen molar-refractivity contribution in [1.82, 2.24) is 0 Å². The minimum atomic E-state index is -0.747. The van der Waals surface area contributed by atoms with Gasteiger partial charge in [0.25, 0.3) is 5.69 Å². The Morgan fingerprint density at radius 2 is 1.88 bits per heavy atom. The molecule has 32 heavy (non-hydrogen) atoms. The number of benzene rings is 2. The number of carbonyl (C=O) groups is 2. The van der Waals surface area contributed by atoms with Crippen LogP contribution in [-0.2, 0) is 14.3 Å². The molecule has 0 N–H and O–H groups in total. The van der Waals surface area contributed by atoms with Crippen LogP contribution in [-0.4, -0.2) is 37.2 Å². The summed E-state index contributed by atoms with van der Waals surface area (Å²) in [6, 6.07) is 10.2. The lowest BCUT2D eigenvalue weighted by Crippen LogP contribution is -2.18. The van der Waals surface area contributed by atoms with E-state index in [4.69, 9.17) is 24.2 Å². The topological polar surface area (TPSA) is 138 Å². The first kappa shape index (κ1) is 23.9. The van der Waals surface area contributed by atoms with Crippen molar-refractivity contribution in [2.75, 3.05) is 20.3 Å². The van der Waals surface area contributed by atoms with Crippen molar-refractivity contribution < 1.29 is 33.5 Å². The van der Waals surface area contributed by atoms with Crippen LogP contribution in [0.2, 0.25) is 0 Å². The summed E-state index contributed by atoms with van der Waals surface area (Å²) < 4.78 is 20.7. The van der Waals surface area contributed by atoms with Crippen LogP contribution in [0.3, 0.4) is 0 Å². The van der Waals surface area contributed by atoms with Crippen molar-refractivity contribution >= 4 is 23.7 Å². The Bertz CT molecular complexity index is 1100. The molecular weight excluding hydrogens is 420 g/mol. The number of esters is 2. The molecule has 0 aliphatic rings. The number of nitro groups is 1. The maximum absolute atomic E-state index is 12.2. The van der Waals surface area contributed by atoms with E-state index in [-0.39, 0.29) is 29.4 Å². The summed E-state index contributed by atoms with van der Waals surface area (Å²) in [5, 5.41) is 19.9. The number of rotatable bonds is 9. The number of carbonyl (C=O) groups excluding carboxylic acids is 2. The molecule has 0 spiro atoms. The van der Waals surface area contributed by atoms with E-state index in [0.717, 1.165) is 0 Å². The molecule has 0 atom stereocenters. The molecule has 0 saturated heterocycles. The van der Waals surface area contributed by atoms with E-state index in [1.807, 2.05) is 0 Å². The number of hydrogen-bond donors (Lipinski definition) is 0. The van der Waals surface area contributed by atoms with Gasteiger partial charge < -0.3 is 18.9 Å². The molecule has 0 fully saturated rings. The van der Waals surface area contributed by atoms with Gasteiger partial charge in [-0.05, 0) is 49.2 Å². The van der Waals surface area contributed by atoms with Crippen LogP contribution in [0.25, 0.3) is 6.08 Å². The van der Waals surface area contributed by atoms with Crippen LogP contribution in [0.4, 0.5) is 5.69 Å². The smallest absolute Gasteiger partial charge is 0.349 e. The van der Waals surface area contributed by atoms with Crippen molar-refractivity contribution in [2.45, 2.75) is 13.8 Å². The second-order valence-electron chi connectivity index (χ2n) is 6.27. The maximum atomic E-state index is 12.2. The zero-order valence-corrected chi connectivity index (χ0v) is 17.6. The van der Waals surface area contributed by atoms with Crippen LogP contribution in [0.5, 0.6) is 17.2 Å².